The van der Waals surface area contributed by atoms with Crippen molar-refractivity contribution in [2.24, 2.45) is 0 Å². The van der Waals surface area contributed by atoms with Crippen molar-refractivity contribution < 1.29 is 44.8 Å². The number of unbranched alkanes of at least 4 members (excludes halogenated alkanes) is 4. The molecule has 0 aromatic heterocycles. The summed E-state index contributed by atoms with van der Waals surface area (Å²) in [6, 6.07) is 9.89. The molecule has 2 aliphatic rings. The highest BCUT2D eigenvalue weighted by Crippen LogP contribution is 2.49. The minimum absolute atomic E-state index is 0.0519. The Balaban J connectivity index is 1.41. The van der Waals surface area contributed by atoms with Gasteiger partial charge in [0.15, 0.2) is 5.71 Å². The van der Waals surface area contributed by atoms with Crippen LogP contribution in [-0.2, 0) is 46.6 Å². The topological polar surface area (TPSA) is 158 Å². The molecule has 1 amide bonds. The molecule has 1 atom stereocenters. The number of rotatable bonds is 23. The van der Waals surface area contributed by atoms with Crippen LogP contribution in [-0.4, -0.2) is 89.9 Å². The average Bonchev–Trinajstić information content (AvgIpc) is 3.47. The van der Waals surface area contributed by atoms with Crippen LogP contribution in [0.15, 0.2) is 65.2 Å². The summed E-state index contributed by atoms with van der Waals surface area (Å²) >= 11 is 3.26. The summed E-state index contributed by atoms with van der Waals surface area (Å²) in [6.45, 7) is 14.1. The zero-order chi connectivity index (χ0) is 40.2. The number of allylic oxidation sites excluding steroid dienone is 4. The molecule has 0 aliphatic carbocycles. The number of hydrogen-bond donors (Lipinski definition) is 2. The van der Waals surface area contributed by atoms with Crippen molar-refractivity contribution in [3.05, 3.63) is 71.5 Å². The molecular weight excluding hydrogens is 766 g/mol. The van der Waals surface area contributed by atoms with Crippen LogP contribution in [0.4, 0.5) is 11.4 Å². The van der Waals surface area contributed by atoms with E-state index in [4.69, 9.17) is 25.3 Å². The van der Waals surface area contributed by atoms with Gasteiger partial charge in [-0.25, -0.2) is 8.42 Å². The van der Waals surface area contributed by atoms with Crippen molar-refractivity contribution in [3.8, 4) is 5.75 Å². The second kappa shape index (κ2) is 20.4. The predicted octanol–water partition coefficient (Wildman–Crippen LogP) is 6.86. The maximum Gasteiger partial charge on any atom is 0.357 e. The first-order chi connectivity index (χ1) is 26.1. The minimum atomic E-state index is -4.66. The van der Waals surface area contributed by atoms with Gasteiger partial charge in [0, 0.05) is 72.9 Å². The maximum atomic E-state index is 12.6. The summed E-state index contributed by atoms with van der Waals surface area (Å²) in [7, 11) is -4.66. The molecule has 12 nitrogen and oxygen atoms in total. The zero-order valence-corrected chi connectivity index (χ0v) is 35.0. The van der Waals surface area contributed by atoms with Gasteiger partial charge in [-0.05, 0) is 82.0 Å². The molecule has 2 aromatic carbocycles. The third-order valence-corrected chi connectivity index (χ3v) is 11.6. The summed E-state index contributed by atoms with van der Waals surface area (Å²) in [6.07, 6.45) is 12.0. The van der Waals surface area contributed by atoms with Gasteiger partial charge in [0.05, 0.1) is 30.1 Å². The lowest BCUT2D eigenvalue weighted by Crippen LogP contribution is -2.29. The molecule has 0 saturated heterocycles. The average molecular weight is 822 g/mol. The molecule has 0 saturated carbocycles. The molecule has 2 aliphatic heterocycles. The fourth-order valence-electron chi connectivity index (χ4n) is 7.29. The van der Waals surface area contributed by atoms with E-state index in [1.807, 2.05) is 32.1 Å². The van der Waals surface area contributed by atoms with E-state index in [2.05, 4.69) is 41.6 Å². The van der Waals surface area contributed by atoms with Crippen molar-refractivity contribution in [1.82, 2.24) is 5.32 Å². The SMILES string of the molecule is CCN1C(=C/C=C/C2=[N+](CCCCC(=O)NCCOCCOCCCCCCCl)c3ccc(S(=O)(=O)[O-])cc3C2(C)C)C(C)(C)c2cc(OS(=O)O)ccc21. The largest absolute Gasteiger partial charge is 0.744 e. The number of nitrogens with one attached hydrogen (secondary N) is 1. The lowest BCUT2D eigenvalue weighted by atomic mass is 9.81. The predicted molar refractivity (Wildman–Crippen MR) is 216 cm³/mol. The number of carbonyl (C=O) groups excluding carboxylic acids is 1. The van der Waals surface area contributed by atoms with Crippen LogP contribution in [0.3, 0.4) is 0 Å². The van der Waals surface area contributed by atoms with E-state index in [0.29, 0.717) is 77.0 Å². The second-order valence-electron chi connectivity index (χ2n) is 14.7. The zero-order valence-electron chi connectivity index (χ0n) is 32.6. The number of fused-ring (bicyclic) bond motifs is 2. The Morgan fingerprint density at radius 1 is 0.964 bits per heavy atom. The van der Waals surface area contributed by atoms with E-state index >= 15 is 0 Å². The first kappa shape index (κ1) is 44.6. The molecule has 2 heterocycles. The van der Waals surface area contributed by atoms with Crippen molar-refractivity contribution in [2.75, 3.05) is 56.8 Å². The first-order valence-corrected chi connectivity index (χ1v) is 21.9. The summed E-state index contributed by atoms with van der Waals surface area (Å²) in [5, 5.41) is 2.91. The Labute approximate surface area is 334 Å². The summed E-state index contributed by atoms with van der Waals surface area (Å²) in [5.74, 6) is 0.955. The van der Waals surface area contributed by atoms with E-state index in [1.54, 1.807) is 18.2 Å². The molecule has 0 bridgehead atoms. The minimum Gasteiger partial charge on any atom is -0.744 e. The molecule has 55 heavy (non-hydrogen) atoms. The summed E-state index contributed by atoms with van der Waals surface area (Å²) in [5.41, 5.74) is 4.37. The molecule has 4 rings (SSSR count). The molecule has 304 valence electrons. The van der Waals surface area contributed by atoms with E-state index in [9.17, 15) is 26.5 Å². The molecular formula is C40H56ClN3O9S2. The van der Waals surface area contributed by atoms with Crippen LogP contribution in [0.1, 0.15) is 90.7 Å². The van der Waals surface area contributed by atoms with E-state index in [-0.39, 0.29) is 10.8 Å². The van der Waals surface area contributed by atoms with Crippen LogP contribution in [0.2, 0.25) is 0 Å². The highest BCUT2D eigenvalue weighted by Gasteiger charge is 2.45. The normalized spacial score (nSPS) is 17.2. The number of likely N-dealkylation sites (N-methyl/N-ethyl adjacent to an activating group) is 1. The molecule has 0 radical (unpaired) electrons. The third-order valence-electron chi connectivity index (χ3n) is 10.2. The smallest absolute Gasteiger partial charge is 0.357 e. The van der Waals surface area contributed by atoms with Crippen LogP contribution < -0.4 is 14.4 Å². The Morgan fingerprint density at radius 2 is 1.69 bits per heavy atom. The van der Waals surface area contributed by atoms with Crippen molar-refractivity contribution in [3.63, 3.8) is 0 Å². The van der Waals surface area contributed by atoms with Gasteiger partial charge in [0.25, 0.3) is 0 Å². The Morgan fingerprint density at radius 3 is 2.38 bits per heavy atom. The van der Waals surface area contributed by atoms with Gasteiger partial charge in [0.2, 0.25) is 11.6 Å². The molecule has 2 N–H and O–H groups in total. The van der Waals surface area contributed by atoms with Gasteiger partial charge >= 0.3 is 11.4 Å². The fourth-order valence-corrected chi connectivity index (χ4v) is 8.25. The van der Waals surface area contributed by atoms with E-state index < -0.39 is 32.3 Å². The van der Waals surface area contributed by atoms with Crippen LogP contribution >= 0.6 is 11.6 Å². The lowest BCUT2D eigenvalue weighted by molar-refractivity contribution is -0.438. The van der Waals surface area contributed by atoms with Crippen molar-refractivity contribution >= 4 is 56.1 Å². The van der Waals surface area contributed by atoms with Crippen LogP contribution in [0.25, 0.3) is 0 Å². The monoisotopic (exact) mass is 821 g/mol. The third kappa shape index (κ3) is 11.7. The fraction of sp³-hybridized carbons (Fsp3) is 0.550. The lowest BCUT2D eigenvalue weighted by Gasteiger charge is -2.25. The van der Waals surface area contributed by atoms with Gasteiger partial charge in [-0.3, -0.25) is 9.35 Å². The second-order valence-corrected chi connectivity index (χ2v) is 17.0. The van der Waals surface area contributed by atoms with Crippen molar-refractivity contribution in [2.45, 2.75) is 95.3 Å². The highest BCUT2D eigenvalue weighted by atomic mass is 35.5. The Hall–Kier alpha value is -3.11. The number of anilines is 1. The highest BCUT2D eigenvalue weighted by molar-refractivity contribution is 7.85. The molecule has 15 heteroatoms. The van der Waals surface area contributed by atoms with E-state index in [0.717, 1.165) is 59.6 Å². The molecule has 0 spiro atoms. The molecule has 0 fully saturated rings. The first-order valence-electron chi connectivity index (χ1n) is 19.0. The summed E-state index contributed by atoms with van der Waals surface area (Å²) in [4.78, 5) is 14.5. The van der Waals surface area contributed by atoms with Gasteiger partial charge in [0.1, 0.15) is 22.4 Å². The summed E-state index contributed by atoms with van der Waals surface area (Å²) < 4.78 is 74.9. The van der Waals surface area contributed by atoms with Gasteiger partial charge in [-0.15, -0.1) is 11.6 Å². The van der Waals surface area contributed by atoms with E-state index in [1.165, 1.54) is 12.1 Å². The molecule has 1 unspecified atom stereocenters. The van der Waals surface area contributed by atoms with Crippen molar-refractivity contribution in [1.29, 1.82) is 0 Å². The van der Waals surface area contributed by atoms with Gasteiger partial charge < -0.3 is 28.4 Å². The number of halogens is 1. The van der Waals surface area contributed by atoms with Crippen LogP contribution in [0, 0.1) is 0 Å². The number of amides is 1. The number of nitrogens with zero attached hydrogens (tertiary/aromatic N) is 2. The number of carbonyl (C=O) groups is 1. The number of alkyl halides is 1. The Kier molecular flexibility index (Phi) is 16.5. The number of hydrogen-bond acceptors (Lipinski definition) is 9. The quantitative estimate of drug-likeness (QED) is 0.0399. The van der Waals surface area contributed by atoms with Gasteiger partial charge in [-0.2, -0.15) is 8.78 Å². The standard InChI is InChI=1S/C40H56ClN3O9S2/c1-6-43-34-19-17-30(53-54(46)47)28-32(34)39(2,3)36(43)14-13-15-37-40(4,5)33-29-31(55(48,49)50)18-20-35(33)44(37)23-11-9-16-38(45)42-22-25-52-27-26-51-24-12-8-7-10-21-41/h13-15,17-20,28-29H,6-12,16,21-27H2,1-5H3,(H2-,42,45,46,47,48,49,50). The van der Waals surface area contributed by atoms with Crippen LogP contribution in [0.5, 0.6) is 5.75 Å². The van der Waals surface area contributed by atoms with Gasteiger partial charge in [-0.1, -0.05) is 32.8 Å². The Bertz CT molecular complexity index is 1880. The number of benzene rings is 2. The molecule has 2 aromatic rings. The number of ether oxygens (including phenoxy) is 2. The maximum absolute atomic E-state index is 12.6.